The summed E-state index contributed by atoms with van der Waals surface area (Å²) in [5.74, 6) is 0. The van der Waals surface area contributed by atoms with Gasteiger partial charge in [-0.25, -0.2) is 0 Å². The highest BCUT2D eigenvalue weighted by Crippen LogP contribution is 2.16. The van der Waals surface area contributed by atoms with Crippen LogP contribution in [-0.4, -0.2) is 0 Å². The Morgan fingerprint density at radius 1 is 1.00 bits per heavy atom. The summed E-state index contributed by atoms with van der Waals surface area (Å²) >= 11 is 1.70. The van der Waals surface area contributed by atoms with Crippen LogP contribution in [0, 0.1) is 0 Å². The van der Waals surface area contributed by atoms with Crippen molar-refractivity contribution in [3.05, 3.63) is 82.2 Å². The van der Waals surface area contributed by atoms with Crippen molar-refractivity contribution >= 4 is 11.8 Å². The molecule has 1 heteroatoms. The number of allylic oxidation sites excluding steroid dienone is 12. The average molecular weight is 240 g/mol. The van der Waals surface area contributed by atoms with Gasteiger partial charge in [0.2, 0.25) is 0 Å². The summed E-state index contributed by atoms with van der Waals surface area (Å²) in [6.45, 7) is 2.16. The van der Waals surface area contributed by atoms with E-state index in [9.17, 15) is 0 Å². The van der Waals surface area contributed by atoms with Gasteiger partial charge in [0.1, 0.15) is 0 Å². The number of rotatable bonds is 2. The van der Waals surface area contributed by atoms with E-state index >= 15 is 0 Å². The lowest BCUT2D eigenvalue weighted by Gasteiger charge is -1.94. The van der Waals surface area contributed by atoms with Crippen molar-refractivity contribution in [2.45, 2.75) is 13.3 Å². The van der Waals surface area contributed by atoms with Gasteiger partial charge in [0, 0.05) is 0 Å². The van der Waals surface area contributed by atoms with Gasteiger partial charge in [-0.05, 0) is 41.4 Å². The van der Waals surface area contributed by atoms with Crippen LogP contribution in [0.2, 0.25) is 0 Å². The van der Waals surface area contributed by atoms with E-state index < -0.39 is 0 Å². The topological polar surface area (TPSA) is 0 Å². The number of thioether (sulfide) groups is 1. The summed E-state index contributed by atoms with van der Waals surface area (Å²) in [5.41, 5.74) is 3.90. The molecule has 0 N–H and O–H groups in total. The molecule has 0 spiro atoms. The molecule has 86 valence electrons. The van der Waals surface area contributed by atoms with Crippen LogP contribution >= 0.6 is 11.8 Å². The molecule has 0 unspecified atom stereocenters. The molecule has 0 fully saturated rings. The second-order valence-corrected chi connectivity index (χ2v) is 4.86. The summed E-state index contributed by atoms with van der Waals surface area (Å²) in [5, 5.41) is 4.18. The van der Waals surface area contributed by atoms with Crippen LogP contribution in [0.25, 0.3) is 0 Å². The van der Waals surface area contributed by atoms with Gasteiger partial charge in [-0.15, -0.1) is 11.8 Å². The van der Waals surface area contributed by atoms with Crippen molar-refractivity contribution < 1.29 is 0 Å². The molecule has 2 aliphatic rings. The monoisotopic (exact) mass is 240 g/mol. The molecule has 0 saturated heterocycles. The van der Waals surface area contributed by atoms with Crippen LogP contribution in [0.15, 0.2) is 82.2 Å². The average Bonchev–Trinajstić information content (AvgIpc) is 2.69. The summed E-state index contributed by atoms with van der Waals surface area (Å²) < 4.78 is 0. The summed E-state index contributed by atoms with van der Waals surface area (Å²) in [6.07, 6.45) is 20.4. The number of hydrogen-bond donors (Lipinski definition) is 0. The highest BCUT2D eigenvalue weighted by Gasteiger charge is 1.93. The van der Waals surface area contributed by atoms with E-state index in [4.69, 9.17) is 0 Å². The lowest BCUT2D eigenvalue weighted by atomic mass is 10.1. The largest absolute Gasteiger partial charge is 0.106 e. The fraction of sp³-hybridized carbons (Fsp3) is 0.125. The van der Waals surface area contributed by atoms with Crippen LogP contribution in [-0.2, 0) is 0 Å². The Labute approximate surface area is 107 Å². The third-order valence-electron chi connectivity index (χ3n) is 2.58. The van der Waals surface area contributed by atoms with E-state index in [1.165, 1.54) is 16.7 Å². The first-order valence-electron chi connectivity index (χ1n) is 5.75. The van der Waals surface area contributed by atoms with Gasteiger partial charge in [0.25, 0.3) is 0 Å². The summed E-state index contributed by atoms with van der Waals surface area (Å²) in [7, 11) is 0. The fourth-order valence-electron chi connectivity index (χ4n) is 1.58. The standard InChI is InChI=1S/C16H16S/c1-14-4-2-5-15(8-7-14)9-10-16-6-3-12-17-13-11-16/h2-6,8-13H,7H2,1H3/b10-9+. The molecule has 1 aliphatic heterocycles. The Morgan fingerprint density at radius 3 is 2.82 bits per heavy atom. The second kappa shape index (κ2) is 6.31. The van der Waals surface area contributed by atoms with Gasteiger partial charge in [-0.2, -0.15) is 0 Å². The molecular formula is C16H16S. The van der Waals surface area contributed by atoms with Crippen molar-refractivity contribution in [1.29, 1.82) is 0 Å². The molecular weight excluding hydrogens is 224 g/mol. The Morgan fingerprint density at radius 2 is 1.88 bits per heavy atom. The minimum absolute atomic E-state index is 1.04. The second-order valence-electron chi connectivity index (χ2n) is 4.05. The zero-order valence-electron chi connectivity index (χ0n) is 9.97. The predicted molar refractivity (Wildman–Crippen MR) is 78.7 cm³/mol. The Hall–Kier alpha value is -1.47. The minimum atomic E-state index is 1.04. The molecule has 0 atom stereocenters. The van der Waals surface area contributed by atoms with Gasteiger partial charge in [-0.1, -0.05) is 54.2 Å². The molecule has 0 bridgehead atoms. The van der Waals surface area contributed by atoms with E-state index in [0.717, 1.165) is 6.42 Å². The Balaban J connectivity index is 2.06. The van der Waals surface area contributed by atoms with Crippen molar-refractivity contribution in [2.24, 2.45) is 0 Å². The van der Waals surface area contributed by atoms with Gasteiger partial charge < -0.3 is 0 Å². The molecule has 1 aliphatic carbocycles. The van der Waals surface area contributed by atoms with Gasteiger partial charge in [-0.3, -0.25) is 0 Å². The lowest BCUT2D eigenvalue weighted by Crippen LogP contribution is -1.74. The highest BCUT2D eigenvalue weighted by atomic mass is 32.2. The highest BCUT2D eigenvalue weighted by molar-refractivity contribution is 8.04. The lowest BCUT2D eigenvalue weighted by molar-refractivity contribution is 1.21. The first-order chi connectivity index (χ1) is 8.34. The maximum Gasteiger partial charge on any atom is -0.0129 e. The van der Waals surface area contributed by atoms with Crippen LogP contribution in [0.5, 0.6) is 0 Å². The molecule has 0 aromatic rings. The fourth-order valence-corrected chi connectivity index (χ4v) is 2.08. The third kappa shape index (κ3) is 4.12. The van der Waals surface area contributed by atoms with E-state index in [2.05, 4.69) is 72.4 Å². The first-order valence-corrected chi connectivity index (χ1v) is 6.70. The summed E-state index contributed by atoms with van der Waals surface area (Å²) in [4.78, 5) is 0. The van der Waals surface area contributed by atoms with Crippen molar-refractivity contribution in [1.82, 2.24) is 0 Å². The Kier molecular flexibility index (Phi) is 4.45. The predicted octanol–water partition coefficient (Wildman–Crippen LogP) is 5.08. The smallest absolute Gasteiger partial charge is 0.0129 e. The quantitative estimate of drug-likeness (QED) is 0.649. The van der Waals surface area contributed by atoms with E-state index in [0.29, 0.717) is 0 Å². The molecule has 1 heterocycles. The van der Waals surface area contributed by atoms with Crippen molar-refractivity contribution in [2.75, 3.05) is 0 Å². The molecule has 0 amide bonds. The van der Waals surface area contributed by atoms with Crippen LogP contribution < -0.4 is 0 Å². The van der Waals surface area contributed by atoms with E-state index in [1.54, 1.807) is 11.8 Å². The maximum absolute atomic E-state index is 2.26. The van der Waals surface area contributed by atoms with E-state index in [-0.39, 0.29) is 0 Å². The maximum atomic E-state index is 2.26. The third-order valence-corrected chi connectivity index (χ3v) is 3.19. The van der Waals surface area contributed by atoms with Crippen LogP contribution in [0.1, 0.15) is 13.3 Å². The SMILES string of the molecule is CC1=CC=CC(/C=C/C2=CC=CSC=C2)=CC1. The number of hydrogen-bond acceptors (Lipinski definition) is 1. The zero-order chi connectivity index (χ0) is 11.9. The van der Waals surface area contributed by atoms with E-state index in [1.807, 2.05) is 0 Å². The molecule has 0 saturated carbocycles. The van der Waals surface area contributed by atoms with Crippen molar-refractivity contribution in [3.8, 4) is 0 Å². The first kappa shape index (κ1) is 12.0. The molecule has 17 heavy (non-hydrogen) atoms. The molecule has 0 radical (unpaired) electrons. The molecule has 0 aromatic heterocycles. The van der Waals surface area contributed by atoms with Crippen LogP contribution in [0.4, 0.5) is 0 Å². The molecule has 2 rings (SSSR count). The molecule has 0 nitrogen and oxygen atoms in total. The van der Waals surface area contributed by atoms with Crippen LogP contribution in [0.3, 0.4) is 0 Å². The van der Waals surface area contributed by atoms with Gasteiger partial charge >= 0.3 is 0 Å². The van der Waals surface area contributed by atoms with Crippen molar-refractivity contribution in [3.63, 3.8) is 0 Å². The normalized spacial score (nSPS) is 19.7. The molecule has 0 aromatic carbocycles. The Bertz CT molecular complexity index is 480. The summed E-state index contributed by atoms with van der Waals surface area (Å²) in [6, 6.07) is 0. The zero-order valence-corrected chi connectivity index (χ0v) is 10.8. The van der Waals surface area contributed by atoms with Gasteiger partial charge in [0.15, 0.2) is 0 Å². The minimum Gasteiger partial charge on any atom is -0.106 e. The van der Waals surface area contributed by atoms with Gasteiger partial charge in [0.05, 0.1) is 0 Å².